The van der Waals surface area contributed by atoms with Crippen molar-refractivity contribution in [2.75, 3.05) is 81.3 Å². The SMILES string of the molecule is CCCSc1nc(NCCN)c(N)c(N(N)Cc2ccc(CCCNC(=O)C3CCN(CCNC(=O)CCc4ccc(/C(N)=C/N(N)C5CC(N(C=O)/C=C(/C)C(=O)NC)OC5CO)cc4)CC3)cc2)n1. The van der Waals surface area contributed by atoms with Crippen molar-refractivity contribution >= 4 is 58.9 Å². The predicted molar refractivity (Wildman–Crippen MR) is 278 cm³/mol. The summed E-state index contributed by atoms with van der Waals surface area (Å²) >= 11 is 1.55. The number of aliphatic hydroxyl groups excluding tert-OH is 1. The zero-order valence-corrected chi connectivity index (χ0v) is 42.2. The number of aromatic nitrogens is 2. The number of rotatable bonds is 28. The van der Waals surface area contributed by atoms with Crippen LogP contribution in [-0.4, -0.2) is 138 Å². The number of piperidine rings is 1. The number of likely N-dealkylation sites (N-methyl/N-ethyl adjacent to an activating group) is 1. The quantitative estimate of drug-likeness (QED) is 0.00933. The van der Waals surface area contributed by atoms with Gasteiger partial charge in [-0.1, -0.05) is 67.2 Å². The van der Waals surface area contributed by atoms with Gasteiger partial charge in [-0.25, -0.2) is 21.7 Å². The van der Waals surface area contributed by atoms with Gasteiger partial charge in [-0.15, -0.1) is 0 Å². The van der Waals surface area contributed by atoms with Gasteiger partial charge in [0.1, 0.15) is 18.0 Å². The Labute approximate surface area is 421 Å². The Hall–Kier alpha value is -6.01. The third-order valence-electron chi connectivity index (χ3n) is 12.4. The first-order chi connectivity index (χ1) is 34.3. The van der Waals surface area contributed by atoms with Crippen LogP contribution in [0, 0.1) is 5.92 Å². The normalized spacial score (nSPS) is 17.6. The third kappa shape index (κ3) is 17.1. The number of nitrogens with zero attached hydrogens (tertiary/aromatic N) is 6. The van der Waals surface area contributed by atoms with E-state index in [-0.39, 0.29) is 36.7 Å². The molecule has 22 heteroatoms. The lowest BCUT2D eigenvalue weighted by Gasteiger charge is -2.31. The largest absolute Gasteiger partial charge is 0.397 e. The first kappa shape index (κ1) is 55.9. The molecule has 2 aliphatic heterocycles. The summed E-state index contributed by atoms with van der Waals surface area (Å²) in [6.45, 7) is 8.18. The molecule has 388 valence electrons. The number of carbonyl (C=O) groups is 4. The van der Waals surface area contributed by atoms with Gasteiger partial charge in [0.15, 0.2) is 16.8 Å². The number of amides is 4. The monoisotopic (exact) mass is 1000 g/mol. The summed E-state index contributed by atoms with van der Waals surface area (Å²) in [7, 11) is 1.50. The van der Waals surface area contributed by atoms with Crippen LogP contribution < -0.4 is 55.2 Å². The number of thioether (sulfide) groups is 1. The maximum absolute atomic E-state index is 13.0. The molecule has 0 bridgehead atoms. The summed E-state index contributed by atoms with van der Waals surface area (Å²) in [6.07, 6.45) is 7.40. The summed E-state index contributed by atoms with van der Waals surface area (Å²) in [4.78, 5) is 62.2. The van der Waals surface area contributed by atoms with E-state index in [2.05, 4.69) is 55.2 Å². The van der Waals surface area contributed by atoms with Crippen molar-refractivity contribution < 1.29 is 29.0 Å². The fraction of sp³-hybridized carbons (Fsp3) is 0.510. The Morgan fingerprint density at radius 3 is 2.31 bits per heavy atom. The fourth-order valence-corrected chi connectivity index (χ4v) is 9.02. The van der Waals surface area contributed by atoms with Crippen molar-refractivity contribution in [2.24, 2.45) is 29.1 Å². The van der Waals surface area contributed by atoms with Crippen molar-refractivity contribution in [3.05, 3.63) is 88.8 Å². The second kappa shape index (κ2) is 28.7. The number of ether oxygens (including phenoxy) is 1. The molecule has 2 fully saturated rings. The maximum atomic E-state index is 13.0. The molecule has 3 atom stereocenters. The van der Waals surface area contributed by atoms with E-state index in [1.165, 1.54) is 28.7 Å². The number of nitrogens with one attached hydrogen (secondary N) is 4. The van der Waals surface area contributed by atoms with Gasteiger partial charge in [-0.05, 0) is 80.8 Å². The summed E-state index contributed by atoms with van der Waals surface area (Å²) in [6, 6.07) is 15.3. The zero-order chi connectivity index (χ0) is 51.3. The predicted octanol–water partition coefficient (Wildman–Crippen LogP) is 1.34. The first-order valence-corrected chi connectivity index (χ1v) is 25.4. The Kier molecular flexibility index (Phi) is 22.6. The van der Waals surface area contributed by atoms with E-state index in [9.17, 15) is 24.3 Å². The van der Waals surface area contributed by atoms with Crippen molar-refractivity contribution in [2.45, 2.75) is 95.3 Å². The van der Waals surface area contributed by atoms with E-state index in [4.69, 9.17) is 33.6 Å². The molecule has 15 N–H and O–H groups in total. The molecule has 0 radical (unpaired) electrons. The van der Waals surface area contributed by atoms with Gasteiger partial charge in [-0.2, -0.15) is 0 Å². The molecular formula is C49H75N15O6S. The van der Waals surface area contributed by atoms with Crippen LogP contribution in [-0.2, 0) is 43.3 Å². The number of likely N-dealkylation sites (tertiary alicyclic amines) is 1. The minimum atomic E-state index is -0.746. The molecular weight excluding hydrogens is 927 g/mol. The van der Waals surface area contributed by atoms with Crippen LogP contribution in [0.1, 0.15) is 74.6 Å². The highest BCUT2D eigenvalue weighted by Gasteiger charge is 2.40. The molecule has 21 nitrogen and oxygen atoms in total. The van der Waals surface area contributed by atoms with Crippen LogP contribution in [0.25, 0.3) is 5.70 Å². The topological polar surface area (TPSA) is 315 Å². The van der Waals surface area contributed by atoms with Crippen LogP contribution in [0.3, 0.4) is 0 Å². The van der Waals surface area contributed by atoms with Crippen LogP contribution in [0.4, 0.5) is 17.3 Å². The van der Waals surface area contributed by atoms with Crippen molar-refractivity contribution in [1.82, 2.24) is 40.7 Å². The highest BCUT2D eigenvalue weighted by Crippen LogP contribution is 2.31. The highest BCUT2D eigenvalue weighted by atomic mass is 32.2. The molecule has 71 heavy (non-hydrogen) atoms. The lowest BCUT2D eigenvalue weighted by atomic mass is 9.96. The molecule has 1 aromatic heterocycles. The Morgan fingerprint density at radius 2 is 1.65 bits per heavy atom. The lowest BCUT2D eigenvalue weighted by Crippen LogP contribution is -2.43. The lowest BCUT2D eigenvalue weighted by molar-refractivity contribution is -0.128. The highest BCUT2D eigenvalue weighted by molar-refractivity contribution is 7.99. The summed E-state index contributed by atoms with van der Waals surface area (Å²) in [5.41, 5.74) is 23.4. The van der Waals surface area contributed by atoms with Gasteiger partial charge in [0.25, 0.3) is 0 Å². The van der Waals surface area contributed by atoms with E-state index < -0.39 is 18.4 Å². The minimum Gasteiger partial charge on any atom is -0.397 e. The Morgan fingerprint density at radius 1 is 0.958 bits per heavy atom. The van der Waals surface area contributed by atoms with Crippen LogP contribution in [0.2, 0.25) is 0 Å². The van der Waals surface area contributed by atoms with E-state index in [1.807, 2.05) is 36.4 Å². The Balaban J connectivity index is 0.948. The number of carbonyl (C=O) groups excluding carboxylic acids is 4. The molecule has 0 saturated carbocycles. The average Bonchev–Trinajstić information content (AvgIpc) is 3.83. The number of aliphatic hydroxyl groups is 1. The second-order valence-electron chi connectivity index (χ2n) is 17.7. The Bertz CT molecular complexity index is 2240. The van der Waals surface area contributed by atoms with Gasteiger partial charge < -0.3 is 58.2 Å². The summed E-state index contributed by atoms with van der Waals surface area (Å²) in [5.74, 6) is 14.4. The molecule has 2 aliphatic rings. The average molecular weight is 1000 g/mol. The molecule has 0 aliphatic carbocycles. The standard InChI is InChI=1S/C49H75N15O6S/c1-4-26-71-49-59-45(57-21-19-50)44(52)46(60-49)64(54)29-36-9-7-34(8-10-36)6-5-20-58-48(69)38-17-23-61(24-18-38)25-22-56-42(67)16-13-35-11-14-37(15-12-35)39(51)30-63(53)40-27-43(70-41(40)31-65)62(32-66)28-33(2)47(68)55-3/h7-12,14-15,28,30,32,38,40-41,43,65H,4-6,13,16-27,29,31,50-54H2,1-3H3,(H,55,68)(H,56,67)(H,58,69)(H,57,59,60)/b33-28-,39-30-. The summed E-state index contributed by atoms with van der Waals surface area (Å²) < 4.78 is 5.90. The zero-order valence-electron chi connectivity index (χ0n) is 41.4. The molecule has 2 saturated heterocycles. The van der Waals surface area contributed by atoms with Crippen molar-refractivity contribution in [3.8, 4) is 0 Å². The fourth-order valence-electron chi connectivity index (χ4n) is 8.32. The second-order valence-corrected chi connectivity index (χ2v) is 18.8. The number of hydrogen-bond acceptors (Lipinski definition) is 18. The van der Waals surface area contributed by atoms with Crippen LogP contribution in [0.15, 0.2) is 71.7 Å². The molecule has 0 spiro atoms. The number of aryl methyl sites for hydroxylation is 2. The minimum absolute atomic E-state index is 0.0204. The van der Waals surface area contributed by atoms with Gasteiger partial charge in [0.05, 0.1) is 24.9 Å². The van der Waals surface area contributed by atoms with E-state index in [0.717, 1.165) is 68.6 Å². The maximum Gasteiger partial charge on any atom is 0.248 e. The number of anilines is 3. The third-order valence-corrected chi connectivity index (χ3v) is 13.5. The molecule has 3 unspecified atom stereocenters. The molecule has 4 amide bonds. The van der Waals surface area contributed by atoms with Crippen LogP contribution in [0.5, 0.6) is 0 Å². The number of hydrazine groups is 2. The molecule has 5 rings (SSSR count). The van der Waals surface area contributed by atoms with E-state index >= 15 is 0 Å². The van der Waals surface area contributed by atoms with Gasteiger partial charge in [0.2, 0.25) is 24.1 Å². The number of benzene rings is 2. The number of hydrogen-bond donors (Lipinski definition) is 10. The molecule has 3 heterocycles. The van der Waals surface area contributed by atoms with Crippen molar-refractivity contribution in [3.63, 3.8) is 0 Å². The smallest absolute Gasteiger partial charge is 0.248 e. The van der Waals surface area contributed by atoms with Gasteiger partial charge in [0, 0.05) is 82.3 Å². The van der Waals surface area contributed by atoms with Crippen LogP contribution >= 0.6 is 11.8 Å². The van der Waals surface area contributed by atoms with Crippen molar-refractivity contribution in [1.29, 1.82) is 0 Å². The molecule has 3 aromatic rings. The van der Waals surface area contributed by atoms with E-state index in [0.29, 0.717) is 91.3 Å². The number of nitrogens with two attached hydrogens (primary N) is 5. The van der Waals surface area contributed by atoms with Gasteiger partial charge in [-0.3, -0.25) is 29.1 Å². The van der Waals surface area contributed by atoms with E-state index in [1.54, 1.807) is 29.9 Å². The first-order valence-electron chi connectivity index (χ1n) is 24.4. The number of nitrogen functional groups attached to an aromatic ring is 1. The van der Waals surface area contributed by atoms with Gasteiger partial charge >= 0.3 is 0 Å². The summed E-state index contributed by atoms with van der Waals surface area (Å²) in [5, 5.41) is 25.4. The molecule has 2 aromatic carbocycles.